The van der Waals surface area contributed by atoms with Gasteiger partial charge in [0.1, 0.15) is 17.3 Å². The molecule has 7 nitrogen and oxygen atoms in total. The SMILES string of the molecule is COc1ccc(-n2c(C)nnc2SCC(=O)Nc2ccc(OC3CCCC3)cc2)cc1. The topological polar surface area (TPSA) is 78.3 Å². The molecule has 0 bridgehead atoms. The van der Waals surface area contributed by atoms with Gasteiger partial charge in [-0.25, -0.2) is 0 Å². The minimum Gasteiger partial charge on any atom is -0.497 e. The number of carbonyl (C=O) groups excluding carboxylic acids is 1. The first-order chi connectivity index (χ1) is 15.1. The molecule has 0 unspecified atom stereocenters. The molecule has 0 radical (unpaired) electrons. The molecule has 8 heteroatoms. The standard InChI is InChI=1S/C23H26N4O3S/c1-16-25-26-23(27(16)18-9-13-19(29-2)14-10-18)31-15-22(28)24-17-7-11-21(12-8-17)30-20-5-3-4-6-20/h7-14,20H,3-6,15H2,1-2H3,(H,24,28). The van der Waals surface area contributed by atoms with Gasteiger partial charge in [-0.1, -0.05) is 11.8 Å². The molecule has 0 atom stereocenters. The summed E-state index contributed by atoms with van der Waals surface area (Å²) in [7, 11) is 1.63. The number of hydrogen-bond donors (Lipinski definition) is 1. The lowest BCUT2D eigenvalue weighted by atomic mass is 10.2. The van der Waals surface area contributed by atoms with Gasteiger partial charge in [-0.05, 0) is 81.1 Å². The molecule has 31 heavy (non-hydrogen) atoms. The average molecular weight is 439 g/mol. The number of amides is 1. The molecule has 1 aliphatic carbocycles. The lowest BCUT2D eigenvalue weighted by Gasteiger charge is -2.13. The number of nitrogens with zero attached hydrogens (tertiary/aromatic N) is 3. The van der Waals surface area contributed by atoms with E-state index in [1.807, 2.05) is 60.0 Å². The number of aromatic nitrogens is 3. The maximum atomic E-state index is 12.5. The number of ether oxygens (including phenoxy) is 2. The first-order valence-corrected chi connectivity index (χ1v) is 11.4. The molecule has 3 aromatic rings. The molecule has 2 aromatic carbocycles. The first-order valence-electron chi connectivity index (χ1n) is 10.4. The highest BCUT2D eigenvalue weighted by atomic mass is 32.2. The van der Waals surface area contributed by atoms with Crippen molar-refractivity contribution in [2.75, 3.05) is 18.2 Å². The van der Waals surface area contributed by atoms with E-state index in [2.05, 4.69) is 15.5 Å². The summed E-state index contributed by atoms with van der Waals surface area (Å²) in [4.78, 5) is 12.5. The molecule has 0 saturated heterocycles. The van der Waals surface area contributed by atoms with Gasteiger partial charge in [0, 0.05) is 11.4 Å². The lowest BCUT2D eigenvalue weighted by Crippen LogP contribution is -2.15. The van der Waals surface area contributed by atoms with E-state index in [9.17, 15) is 4.79 Å². The summed E-state index contributed by atoms with van der Waals surface area (Å²) in [5, 5.41) is 12.0. The molecular formula is C23H26N4O3S. The third-order valence-corrected chi connectivity index (χ3v) is 6.13. The summed E-state index contributed by atoms with van der Waals surface area (Å²) < 4.78 is 13.1. The Hall–Kier alpha value is -3.00. The van der Waals surface area contributed by atoms with Crippen molar-refractivity contribution in [3.8, 4) is 17.2 Å². The van der Waals surface area contributed by atoms with Crippen LogP contribution >= 0.6 is 11.8 Å². The molecule has 1 saturated carbocycles. The summed E-state index contributed by atoms with van der Waals surface area (Å²) in [6.07, 6.45) is 5.04. The molecule has 162 valence electrons. The van der Waals surface area contributed by atoms with Gasteiger partial charge in [-0.15, -0.1) is 10.2 Å². The normalized spacial score (nSPS) is 13.9. The van der Waals surface area contributed by atoms with Crippen molar-refractivity contribution in [2.24, 2.45) is 0 Å². The van der Waals surface area contributed by atoms with Crippen molar-refractivity contribution < 1.29 is 14.3 Å². The number of nitrogens with one attached hydrogen (secondary N) is 1. The van der Waals surface area contributed by atoms with Crippen LogP contribution in [-0.4, -0.2) is 39.6 Å². The maximum Gasteiger partial charge on any atom is 0.234 e. The van der Waals surface area contributed by atoms with Crippen molar-refractivity contribution in [2.45, 2.75) is 43.9 Å². The quantitative estimate of drug-likeness (QED) is 0.517. The number of thioether (sulfide) groups is 1. The fourth-order valence-corrected chi connectivity index (χ4v) is 4.41. The molecule has 1 fully saturated rings. The van der Waals surface area contributed by atoms with Gasteiger partial charge in [0.15, 0.2) is 5.16 Å². The predicted molar refractivity (Wildman–Crippen MR) is 121 cm³/mol. The van der Waals surface area contributed by atoms with Crippen molar-refractivity contribution in [1.29, 1.82) is 0 Å². The number of anilines is 1. The van der Waals surface area contributed by atoms with Crippen LogP contribution in [-0.2, 0) is 4.79 Å². The zero-order valence-corrected chi connectivity index (χ0v) is 18.5. The highest BCUT2D eigenvalue weighted by Crippen LogP contribution is 2.26. The van der Waals surface area contributed by atoms with Crippen LogP contribution in [0, 0.1) is 6.92 Å². The van der Waals surface area contributed by atoms with Gasteiger partial charge in [0.2, 0.25) is 5.91 Å². The number of rotatable bonds is 8. The molecule has 1 heterocycles. The minimum atomic E-state index is -0.101. The van der Waals surface area contributed by atoms with Crippen molar-refractivity contribution in [3.05, 3.63) is 54.4 Å². The smallest absolute Gasteiger partial charge is 0.234 e. The molecule has 1 aliphatic rings. The van der Waals surface area contributed by atoms with Crippen LogP contribution < -0.4 is 14.8 Å². The van der Waals surface area contributed by atoms with Crippen LogP contribution in [0.2, 0.25) is 0 Å². The summed E-state index contributed by atoms with van der Waals surface area (Å²) in [6.45, 7) is 1.89. The number of methoxy groups -OCH3 is 1. The van der Waals surface area contributed by atoms with Crippen LogP contribution in [0.15, 0.2) is 53.7 Å². The summed E-state index contributed by atoms with van der Waals surface area (Å²) in [6, 6.07) is 15.2. The Kier molecular flexibility index (Phi) is 6.76. The Morgan fingerprint density at radius 2 is 1.74 bits per heavy atom. The Labute approximate surface area is 186 Å². The second kappa shape index (κ2) is 9.87. The Morgan fingerprint density at radius 3 is 2.42 bits per heavy atom. The fourth-order valence-electron chi connectivity index (χ4n) is 3.61. The van der Waals surface area contributed by atoms with E-state index < -0.39 is 0 Å². The van der Waals surface area contributed by atoms with E-state index in [1.165, 1.54) is 24.6 Å². The molecule has 4 rings (SSSR count). The van der Waals surface area contributed by atoms with Gasteiger partial charge in [-0.2, -0.15) is 0 Å². The van der Waals surface area contributed by atoms with Gasteiger partial charge >= 0.3 is 0 Å². The molecule has 1 N–H and O–H groups in total. The maximum absolute atomic E-state index is 12.5. The number of aryl methyl sites for hydroxylation is 1. The summed E-state index contributed by atoms with van der Waals surface area (Å²) >= 11 is 1.35. The molecule has 1 amide bonds. The van der Waals surface area contributed by atoms with Crippen LogP contribution in [0.3, 0.4) is 0 Å². The zero-order chi connectivity index (χ0) is 21.6. The van der Waals surface area contributed by atoms with E-state index in [0.29, 0.717) is 11.3 Å². The summed E-state index contributed by atoms with van der Waals surface area (Å²) in [5.74, 6) is 2.52. The molecule has 1 aromatic heterocycles. The summed E-state index contributed by atoms with van der Waals surface area (Å²) in [5.41, 5.74) is 1.67. The van der Waals surface area contributed by atoms with Crippen molar-refractivity contribution >= 4 is 23.4 Å². The van der Waals surface area contributed by atoms with Gasteiger partial charge < -0.3 is 14.8 Å². The van der Waals surface area contributed by atoms with Gasteiger partial charge in [0.05, 0.1) is 19.0 Å². The largest absolute Gasteiger partial charge is 0.497 e. The number of carbonyl (C=O) groups is 1. The predicted octanol–water partition coefficient (Wildman–Crippen LogP) is 4.64. The van der Waals surface area contributed by atoms with E-state index in [0.717, 1.165) is 41.5 Å². The Bertz CT molecular complexity index is 1010. The first kappa shape index (κ1) is 21.2. The van der Waals surface area contributed by atoms with Gasteiger partial charge in [-0.3, -0.25) is 9.36 Å². The van der Waals surface area contributed by atoms with E-state index in [4.69, 9.17) is 9.47 Å². The van der Waals surface area contributed by atoms with Crippen molar-refractivity contribution in [1.82, 2.24) is 14.8 Å². The van der Waals surface area contributed by atoms with Crippen LogP contribution in [0.4, 0.5) is 5.69 Å². The van der Waals surface area contributed by atoms with Crippen LogP contribution in [0.5, 0.6) is 11.5 Å². The van der Waals surface area contributed by atoms with Gasteiger partial charge in [0.25, 0.3) is 0 Å². The van der Waals surface area contributed by atoms with E-state index in [-0.39, 0.29) is 11.7 Å². The monoisotopic (exact) mass is 438 g/mol. The molecule has 0 spiro atoms. The number of benzene rings is 2. The second-order valence-corrected chi connectivity index (χ2v) is 8.39. The van der Waals surface area contributed by atoms with Crippen LogP contribution in [0.25, 0.3) is 5.69 Å². The average Bonchev–Trinajstić information content (AvgIpc) is 3.43. The molecular weight excluding hydrogens is 412 g/mol. The Balaban J connectivity index is 1.33. The third-order valence-electron chi connectivity index (χ3n) is 5.20. The Morgan fingerprint density at radius 1 is 1.06 bits per heavy atom. The van der Waals surface area contributed by atoms with E-state index >= 15 is 0 Å². The van der Waals surface area contributed by atoms with E-state index in [1.54, 1.807) is 7.11 Å². The zero-order valence-electron chi connectivity index (χ0n) is 17.7. The minimum absolute atomic E-state index is 0.101. The second-order valence-electron chi connectivity index (χ2n) is 7.45. The lowest BCUT2D eigenvalue weighted by molar-refractivity contribution is -0.113. The molecule has 0 aliphatic heterocycles. The third kappa shape index (κ3) is 5.38. The van der Waals surface area contributed by atoms with Crippen molar-refractivity contribution in [3.63, 3.8) is 0 Å². The highest BCUT2D eigenvalue weighted by Gasteiger charge is 2.17. The number of hydrogen-bond acceptors (Lipinski definition) is 6. The van der Waals surface area contributed by atoms with Crippen LogP contribution in [0.1, 0.15) is 31.5 Å². The fraction of sp³-hybridized carbons (Fsp3) is 0.348. The highest BCUT2D eigenvalue weighted by molar-refractivity contribution is 7.99.